The molecule has 0 saturated heterocycles. The Kier molecular flexibility index (Phi) is 5.56. The third-order valence-corrected chi connectivity index (χ3v) is 5.57. The van der Waals surface area contributed by atoms with Crippen molar-refractivity contribution in [3.05, 3.63) is 24.2 Å². The van der Waals surface area contributed by atoms with E-state index in [2.05, 4.69) is 5.32 Å². The highest BCUT2D eigenvalue weighted by molar-refractivity contribution is 7.93. The first kappa shape index (κ1) is 15.7. The second-order valence-electron chi connectivity index (χ2n) is 4.42. The Balaban J connectivity index is 2.60. The van der Waals surface area contributed by atoms with Crippen LogP contribution in [0, 0.1) is 0 Å². The molecule has 0 radical (unpaired) electrons. The zero-order valence-corrected chi connectivity index (χ0v) is 11.9. The number of amides is 1. The Bertz CT molecular complexity index is 496. The van der Waals surface area contributed by atoms with Gasteiger partial charge in [0.1, 0.15) is 11.0 Å². The van der Waals surface area contributed by atoms with Gasteiger partial charge in [0.25, 0.3) is 0 Å². The lowest BCUT2D eigenvalue weighted by Crippen LogP contribution is -2.41. The van der Waals surface area contributed by atoms with Crippen molar-refractivity contribution in [3.8, 4) is 0 Å². The molecule has 1 aromatic rings. The molecule has 6 nitrogen and oxygen atoms in total. The first-order valence-corrected chi connectivity index (χ1v) is 7.73. The smallest absolute Gasteiger partial charge is 0.238 e. The van der Waals surface area contributed by atoms with Gasteiger partial charge in [-0.25, -0.2) is 8.42 Å². The number of hydrogen-bond donors (Lipinski definition) is 2. The number of hydrogen-bond acceptors (Lipinski definition) is 5. The number of furan rings is 1. The number of nitrogens with one attached hydrogen (secondary N) is 1. The van der Waals surface area contributed by atoms with Gasteiger partial charge >= 0.3 is 0 Å². The Morgan fingerprint density at radius 1 is 1.47 bits per heavy atom. The minimum absolute atomic E-state index is 0.178. The van der Waals surface area contributed by atoms with Crippen LogP contribution in [-0.4, -0.2) is 31.4 Å². The van der Waals surface area contributed by atoms with Crippen LogP contribution < -0.4 is 11.1 Å². The summed E-state index contributed by atoms with van der Waals surface area (Å²) in [4.78, 5) is 11.8. The van der Waals surface area contributed by atoms with Gasteiger partial charge in [-0.15, -0.1) is 0 Å². The molecule has 0 saturated carbocycles. The molecule has 108 valence electrons. The fraction of sp³-hybridized carbons (Fsp3) is 0.583. The minimum Gasteiger partial charge on any atom is -0.467 e. The van der Waals surface area contributed by atoms with Crippen molar-refractivity contribution < 1.29 is 17.6 Å². The Morgan fingerprint density at radius 2 is 2.16 bits per heavy atom. The van der Waals surface area contributed by atoms with Gasteiger partial charge in [0, 0.05) is 0 Å². The number of rotatable bonds is 7. The van der Waals surface area contributed by atoms with Crippen molar-refractivity contribution >= 4 is 15.7 Å². The van der Waals surface area contributed by atoms with E-state index in [1.165, 1.54) is 13.2 Å². The summed E-state index contributed by atoms with van der Waals surface area (Å²) in [5.41, 5.74) is 5.35. The normalized spacial score (nSPS) is 14.9. The van der Waals surface area contributed by atoms with Crippen LogP contribution in [-0.2, 0) is 21.2 Å². The molecule has 1 amide bonds. The molecule has 19 heavy (non-hydrogen) atoms. The predicted octanol–water partition coefficient (Wildman–Crippen LogP) is 0.436. The van der Waals surface area contributed by atoms with E-state index in [4.69, 9.17) is 10.2 Å². The van der Waals surface area contributed by atoms with E-state index in [1.54, 1.807) is 19.1 Å². The molecular weight excluding hydrogens is 268 g/mol. The molecule has 1 heterocycles. The lowest BCUT2D eigenvalue weighted by molar-refractivity contribution is -0.120. The van der Waals surface area contributed by atoms with E-state index in [0.29, 0.717) is 12.2 Å². The second kappa shape index (κ2) is 6.72. The molecule has 3 N–H and O–H groups in total. The summed E-state index contributed by atoms with van der Waals surface area (Å²) in [7, 11) is -3.51. The SMILES string of the molecule is CC(CCN)S(=O)(=O)C(C)C(=O)NCc1ccco1. The third-order valence-electron chi connectivity index (χ3n) is 3.01. The van der Waals surface area contributed by atoms with E-state index >= 15 is 0 Å². The van der Waals surface area contributed by atoms with Gasteiger partial charge in [-0.3, -0.25) is 4.79 Å². The summed E-state index contributed by atoms with van der Waals surface area (Å²) in [6.07, 6.45) is 1.84. The Labute approximate surface area is 113 Å². The van der Waals surface area contributed by atoms with Crippen molar-refractivity contribution in [2.45, 2.75) is 37.3 Å². The first-order chi connectivity index (χ1) is 8.89. The van der Waals surface area contributed by atoms with Gasteiger partial charge in [-0.05, 0) is 38.9 Å². The molecule has 0 aliphatic heterocycles. The van der Waals surface area contributed by atoms with Gasteiger partial charge in [-0.2, -0.15) is 0 Å². The fourth-order valence-corrected chi connectivity index (χ4v) is 3.17. The molecule has 0 spiro atoms. The predicted molar refractivity (Wildman–Crippen MR) is 72.1 cm³/mol. The van der Waals surface area contributed by atoms with E-state index in [1.807, 2.05) is 0 Å². The largest absolute Gasteiger partial charge is 0.467 e. The van der Waals surface area contributed by atoms with Crippen LogP contribution in [0.5, 0.6) is 0 Å². The van der Waals surface area contributed by atoms with Crippen LogP contribution in [0.25, 0.3) is 0 Å². The maximum Gasteiger partial charge on any atom is 0.238 e. The Hall–Kier alpha value is -1.34. The number of carbonyl (C=O) groups is 1. The molecule has 0 fully saturated rings. The summed E-state index contributed by atoms with van der Waals surface area (Å²) in [6.45, 7) is 3.41. The molecule has 1 aromatic heterocycles. The highest BCUT2D eigenvalue weighted by Gasteiger charge is 2.32. The Morgan fingerprint density at radius 3 is 2.68 bits per heavy atom. The van der Waals surface area contributed by atoms with Crippen LogP contribution in [0.4, 0.5) is 0 Å². The van der Waals surface area contributed by atoms with Gasteiger partial charge in [-0.1, -0.05) is 0 Å². The zero-order valence-electron chi connectivity index (χ0n) is 11.1. The molecular formula is C12H20N2O4S. The van der Waals surface area contributed by atoms with Crippen molar-refractivity contribution in [2.24, 2.45) is 5.73 Å². The van der Waals surface area contributed by atoms with Gasteiger partial charge in [0.15, 0.2) is 9.84 Å². The van der Waals surface area contributed by atoms with E-state index in [0.717, 1.165) is 0 Å². The van der Waals surface area contributed by atoms with Gasteiger partial charge < -0.3 is 15.5 Å². The van der Waals surface area contributed by atoms with Crippen molar-refractivity contribution in [2.75, 3.05) is 6.54 Å². The molecule has 7 heteroatoms. The quantitative estimate of drug-likeness (QED) is 0.757. The fourth-order valence-electron chi connectivity index (χ4n) is 1.63. The van der Waals surface area contributed by atoms with Crippen molar-refractivity contribution in [1.82, 2.24) is 5.32 Å². The molecule has 1 rings (SSSR count). The molecule has 0 aliphatic rings. The highest BCUT2D eigenvalue weighted by atomic mass is 32.2. The molecule has 0 aromatic carbocycles. The van der Waals surface area contributed by atoms with Crippen LogP contribution in [0.15, 0.2) is 22.8 Å². The lowest BCUT2D eigenvalue weighted by Gasteiger charge is -2.17. The molecule has 0 aliphatic carbocycles. The number of carbonyl (C=O) groups excluding carboxylic acids is 1. The van der Waals surface area contributed by atoms with Crippen molar-refractivity contribution in [3.63, 3.8) is 0 Å². The molecule has 0 bridgehead atoms. The number of sulfone groups is 1. The average molecular weight is 288 g/mol. The summed E-state index contributed by atoms with van der Waals surface area (Å²) >= 11 is 0. The van der Waals surface area contributed by atoms with Crippen LogP contribution in [0.3, 0.4) is 0 Å². The lowest BCUT2D eigenvalue weighted by atomic mass is 10.3. The first-order valence-electron chi connectivity index (χ1n) is 6.12. The third kappa shape index (κ3) is 4.07. The maximum atomic E-state index is 12.1. The molecule has 2 unspecified atom stereocenters. The topological polar surface area (TPSA) is 102 Å². The summed E-state index contributed by atoms with van der Waals surface area (Å²) < 4.78 is 29.2. The van der Waals surface area contributed by atoms with Gasteiger partial charge in [0.2, 0.25) is 5.91 Å². The highest BCUT2D eigenvalue weighted by Crippen LogP contribution is 2.12. The summed E-state index contributed by atoms with van der Waals surface area (Å²) in [5, 5.41) is 0.828. The zero-order chi connectivity index (χ0) is 14.5. The summed E-state index contributed by atoms with van der Waals surface area (Å²) in [6, 6.07) is 3.40. The monoisotopic (exact) mass is 288 g/mol. The second-order valence-corrected chi connectivity index (χ2v) is 7.11. The van der Waals surface area contributed by atoms with Crippen LogP contribution in [0.2, 0.25) is 0 Å². The summed E-state index contributed by atoms with van der Waals surface area (Å²) in [5.74, 6) is 0.0493. The van der Waals surface area contributed by atoms with E-state index in [-0.39, 0.29) is 13.1 Å². The van der Waals surface area contributed by atoms with Crippen LogP contribution >= 0.6 is 0 Å². The number of nitrogens with two attached hydrogens (primary N) is 1. The van der Waals surface area contributed by atoms with Crippen molar-refractivity contribution in [1.29, 1.82) is 0 Å². The van der Waals surface area contributed by atoms with Gasteiger partial charge in [0.05, 0.1) is 18.1 Å². The average Bonchev–Trinajstić information content (AvgIpc) is 2.88. The molecule has 2 atom stereocenters. The minimum atomic E-state index is -3.51. The van der Waals surface area contributed by atoms with E-state index in [9.17, 15) is 13.2 Å². The standard InChI is InChI=1S/C12H20N2O4S/c1-9(5-6-13)19(16,17)10(2)12(15)14-8-11-4-3-7-18-11/h3-4,7,9-10H,5-6,8,13H2,1-2H3,(H,14,15). The van der Waals surface area contributed by atoms with E-state index < -0.39 is 26.2 Å². The maximum absolute atomic E-state index is 12.1. The van der Waals surface area contributed by atoms with Crippen LogP contribution in [0.1, 0.15) is 26.0 Å².